The summed E-state index contributed by atoms with van der Waals surface area (Å²) >= 11 is 0. The highest BCUT2D eigenvalue weighted by atomic mass is 16.4. The number of carbonyl (C=O) groups excluding carboxylic acids is 3. The molecule has 2 aromatic rings. The van der Waals surface area contributed by atoms with Crippen molar-refractivity contribution in [3.63, 3.8) is 0 Å². The molecule has 4 amide bonds. The number of hydrogen-bond acceptors (Lipinski definition) is 4. The lowest BCUT2D eigenvalue weighted by Crippen LogP contribution is -2.56. The molecule has 5 rings (SSSR count). The van der Waals surface area contributed by atoms with Gasteiger partial charge in [-0.2, -0.15) is 0 Å². The number of hydrogen-bond donors (Lipinski definition) is 1. The number of benzene rings is 2. The molecule has 2 bridgehead atoms. The van der Waals surface area contributed by atoms with Gasteiger partial charge in [-0.1, -0.05) is 36.4 Å². The Hall–Kier alpha value is -3.42. The maximum Gasteiger partial charge on any atom is 0.394 e. The van der Waals surface area contributed by atoms with E-state index in [1.165, 1.54) is 14.7 Å². The zero-order valence-corrected chi connectivity index (χ0v) is 14.1. The van der Waals surface area contributed by atoms with Gasteiger partial charge in [0, 0.05) is 11.9 Å². The number of urea groups is 1. The standard InChI is InChI=1S/C19H15N3O5/c23-16-15-14-8-11(9-20(14)17(24)18(25)26)21(15)19(27)22(16)13-7-3-5-10-4-1-2-6-12(10)13/h1-7,11,14-15H,8-9H2,(H,25,26)/t11-,14-,15-/m0/s1. The van der Waals surface area contributed by atoms with E-state index in [0.717, 1.165) is 10.8 Å². The van der Waals surface area contributed by atoms with Crippen LogP contribution in [0.4, 0.5) is 10.5 Å². The van der Waals surface area contributed by atoms with Gasteiger partial charge in [-0.15, -0.1) is 0 Å². The maximum atomic E-state index is 13.1. The van der Waals surface area contributed by atoms with E-state index >= 15 is 0 Å². The lowest BCUT2D eigenvalue weighted by molar-refractivity contribution is -0.157. The number of imide groups is 1. The largest absolute Gasteiger partial charge is 0.474 e. The van der Waals surface area contributed by atoms with Crippen molar-refractivity contribution in [3.05, 3.63) is 42.5 Å². The van der Waals surface area contributed by atoms with E-state index in [9.17, 15) is 19.2 Å². The summed E-state index contributed by atoms with van der Waals surface area (Å²) in [5.74, 6) is -2.98. The Morgan fingerprint density at radius 1 is 1.04 bits per heavy atom. The molecule has 3 heterocycles. The third-order valence-electron chi connectivity index (χ3n) is 5.72. The average Bonchev–Trinajstić information content (AvgIpc) is 3.32. The van der Waals surface area contributed by atoms with Gasteiger partial charge in [-0.05, 0) is 17.9 Å². The first-order chi connectivity index (χ1) is 13.0. The van der Waals surface area contributed by atoms with Crippen LogP contribution < -0.4 is 4.90 Å². The van der Waals surface area contributed by atoms with Crippen LogP contribution in [0.3, 0.4) is 0 Å². The van der Waals surface area contributed by atoms with Crippen LogP contribution in [0.1, 0.15) is 6.42 Å². The second-order valence-electron chi connectivity index (χ2n) is 7.03. The number of carbonyl (C=O) groups is 4. The zero-order valence-electron chi connectivity index (χ0n) is 14.1. The molecule has 8 nitrogen and oxygen atoms in total. The highest BCUT2D eigenvalue weighted by Gasteiger charge is 2.63. The Morgan fingerprint density at radius 3 is 2.56 bits per heavy atom. The van der Waals surface area contributed by atoms with E-state index in [1.807, 2.05) is 30.3 Å². The number of carboxylic acid groups (broad SMARTS) is 1. The van der Waals surface area contributed by atoms with Crippen LogP contribution in [0.25, 0.3) is 10.8 Å². The quantitative estimate of drug-likeness (QED) is 0.602. The number of anilines is 1. The van der Waals surface area contributed by atoms with E-state index in [0.29, 0.717) is 12.1 Å². The third kappa shape index (κ3) is 1.98. The number of fused-ring (bicyclic) bond motifs is 6. The highest BCUT2D eigenvalue weighted by Crippen LogP contribution is 2.43. The second-order valence-corrected chi connectivity index (χ2v) is 7.03. The number of aliphatic carboxylic acids is 1. The number of amides is 4. The lowest BCUT2D eigenvalue weighted by Gasteiger charge is -2.33. The fourth-order valence-electron chi connectivity index (χ4n) is 4.64. The van der Waals surface area contributed by atoms with Crippen LogP contribution in [0.5, 0.6) is 0 Å². The fraction of sp³-hybridized carbons (Fsp3) is 0.263. The molecule has 1 N–H and O–H groups in total. The summed E-state index contributed by atoms with van der Waals surface area (Å²) in [6.07, 6.45) is 0.435. The second kappa shape index (κ2) is 5.29. The summed E-state index contributed by atoms with van der Waals surface area (Å²) in [5.41, 5.74) is 0.507. The average molecular weight is 365 g/mol. The van der Waals surface area contributed by atoms with Crippen molar-refractivity contribution in [1.29, 1.82) is 0 Å². The molecule has 8 heteroatoms. The summed E-state index contributed by atoms with van der Waals surface area (Å²) in [7, 11) is 0. The lowest BCUT2D eigenvalue weighted by atomic mass is 10.1. The molecule has 0 saturated carbocycles. The molecule has 136 valence electrons. The van der Waals surface area contributed by atoms with Gasteiger partial charge in [0.15, 0.2) is 0 Å². The predicted molar refractivity (Wildman–Crippen MR) is 94.0 cm³/mol. The number of likely N-dealkylation sites (tertiary alicyclic amines) is 1. The van der Waals surface area contributed by atoms with E-state index in [1.54, 1.807) is 12.1 Å². The Kier molecular flexibility index (Phi) is 3.10. The first kappa shape index (κ1) is 15.8. The smallest absolute Gasteiger partial charge is 0.394 e. The molecule has 2 aromatic carbocycles. The Morgan fingerprint density at radius 2 is 1.78 bits per heavy atom. The maximum absolute atomic E-state index is 13.1. The molecule has 0 aliphatic carbocycles. The Labute approximate surface area is 153 Å². The van der Waals surface area contributed by atoms with E-state index in [4.69, 9.17) is 5.11 Å². The molecule has 3 atom stereocenters. The minimum Gasteiger partial charge on any atom is -0.474 e. The van der Waals surface area contributed by atoms with Crippen molar-refractivity contribution in [2.24, 2.45) is 0 Å². The number of piperazine rings is 1. The SMILES string of the molecule is O=C(O)C(=O)N1C[C@@H]2C[C@H]1[C@H]1C(=O)N(c3cccc4ccccc34)C(=O)N21. The van der Waals surface area contributed by atoms with Gasteiger partial charge >= 0.3 is 17.9 Å². The molecular weight excluding hydrogens is 350 g/mol. The minimum absolute atomic E-state index is 0.148. The van der Waals surface area contributed by atoms with E-state index in [2.05, 4.69) is 0 Å². The minimum atomic E-state index is -1.54. The predicted octanol–water partition coefficient (Wildman–Crippen LogP) is 1.04. The van der Waals surface area contributed by atoms with Gasteiger partial charge in [-0.25, -0.2) is 14.5 Å². The molecule has 0 radical (unpaired) electrons. The Balaban J connectivity index is 1.56. The van der Waals surface area contributed by atoms with Gasteiger partial charge < -0.3 is 14.9 Å². The number of rotatable bonds is 1. The van der Waals surface area contributed by atoms with Crippen LogP contribution in [-0.2, 0) is 14.4 Å². The van der Waals surface area contributed by atoms with Crippen molar-refractivity contribution in [2.75, 3.05) is 11.4 Å². The summed E-state index contributed by atoms with van der Waals surface area (Å²) in [6.45, 7) is 0.148. The summed E-state index contributed by atoms with van der Waals surface area (Å²) in [6, 6.07) is 10.7. The topological polar surface area (TPSA) is 98.2 Å². The fourth-order valence-corrected chi connectivity index (χ4v) is 4.64. The van der Waals surface area contributed by atoms with Gasteiger partial charge in [0.25, 0.3) is 5.91 Å². The molecule has 3 aliphatic rings. The van der Waals surface area contributed by atoms with Gasteiger partial charge in [-0.3, -0.25) is 9.59 Å². The molecule has 0 spiro atoms. The van der Waals surface area contributed by atoms with Crippen LogP contribution in [0.2, 0.25) is 0 Å². The van der Waals surface area contributed by atoms with Gasteiger partial charge in [0.05, 0.1) is 17.8 Å². The normalized spacial score (nSPS) is 26.2. The van der Waals surface area contributed by atoms with Gasteiger partial charge in [0.1, 0.15) is 6.04 Å². The number of carboxylic acids is 1. The number of nitrogens with zero attached hydrogens (tertiary/aromatic N) is 3. The first-order valence-corrected chi connectivity index (χ1v) is 8.67. The molecular formula is C19H15N3O5. The van der Waals surface area contributed by atoms with Crippen molar-refractivity contribution in [2.45, 2.75) is 24.5 Å². The van der Waals surface area contributed by atoms with Crippen molar-refractivity contribution in [3.8, 4) is 0 Å². The van der Waals surface area contributed by atoms with Crippen LogP contribution in [-0.4, -0.2) is 63.4 Å². The van der Waals surface area contributed by atoms with Crippen molar-refractivity contribution >= 4 is 40.3 Å². The molecule has 0 aromatic heterocycles. The van der Waals surface area contributed by atoms with Crippen LogP contribution >= 0.6 is 0 Å². The van der Waals surface area contributed by atoms with E-state index < -0.39 is 35.9 Å². The first-order valence-electron chi connectivity index (χ1n) is 8.67. The summed E-state index contributed by atoms with van der Waals surface area (Å²) in [4.78, 5) is 53.1. The molecule has 3 saturated heterocycles. The van der Waals surface area contributed by atoms with E-state index in [-0.39, 0.29) is 12.6 Å². The van der Waals surface area contributed by atoms with Crippen molar-refractivity contribution < 1.29 is 24.3 Å². The van der Waals surface area contributed by atoms with Crippen LogP contribution in [0.15, 0.2) is 42.5 Å². The van der Waals surface area contributed by atoms with Crippen LogP contribution in [0, 0.1) is 0 Å². The molecule has 27 heavy (non-hydrogen) atoms. The van der Waals surface area contributed by atoms with Gasteiger partial charge in [0.2, 0.25) is 0 Å². The summed E-state index contributed by atoms with van der Waals surface area (Å²) < 4.78 is 0. The molecule has 0 unspecified atom stereocenters. The molecule has 3 aliphatic heterocycles. The monoisotopic (exact) mass is 365 g/mol. The summed E-state index contributed by atoms with van der Waals surface area (Å²) in [5, 5.41) is 10.7. The third-order valence-corrected chi connectivity index (χ3v) is 5.72. The zero-order chi connectivity index (χ0) is 18.9. The molecule has 3 fully saturated rings. The Bertz CT molecular complexity index is 1030. The highest BCUT2D eigenvalue weighted by molar-refractivity contribution is 6.32. The van der Waals surface area contributed by atoms with Crippen molar-refractivity contribution in [1.82, 2.24) is 9.80 Å².